The smallest absolute Gasteiger partial charge is 0.153 e. The summed E-state index contributed by atoms with van der Waals surface area (Å²) in [5, 5.41) is 4.50. The highest BCUT2D eigenvalue weighted by molar-refractivity contribution is 5.56. The van der Waals surface area contributed by atoms with E-state index in [0.717, 1.165) is 23.1 Å². The van der Waals surface area contributed by atoms with Gasteiger partial charge in [0.15, 0.2) is 5.82 Å². The van der Waals surface area contributed by atoms with Crippen LogP contribution < -0.4 is 10.5 Å². The number of hydrogen-bond donors (Lipinski definition) is 1. The van der Waals surface area contributed by atoms with Crippen molar-refractivity contribution in [2.24, 2.45) is 0 Å². The lowest BCUT2D eigenvalue weighted by atomic mass is 10.2. The summed E-state index contributed by atoms with van der Waals surface area (Å²) >= 11 is 0. The molecule has 0 amide bonds. The summed E-state index contributed by atoms with van der Waals surface area (Å²) in [7, 11) is 1.63. The second kappa shape index (κ2) is 4.68. The lowest BCUT2D eigenvalue weighted by molar-refractivity contribution is 0.411. The molecular formula is C13H18N4O. The van der Waals surface area contributed by atoms with Gasteiger partial charge < -0.3 is 10.5 Å². The van der Waals surface area contributed by atoms with Crippen LogP contribution in [0, 0.1) is 6.92 Å². The number of nitrogens with two attached hydrogens (primary N) is 1. The first-order chi connectivity index (χ1) is 8.52. The lowest BCUT2D eigenvalue weighted by Crippen LogP contribution is -2.03. The molecule has 2 N–H and O–H groups in total. The van der Waals surface area contributed by atoms with Crippen molar-refractivity contribution < 1.29 is 4.74 Å². The molecular weight excluding hydrogens is 228 g/mol. The third-order valence-electron chi connectivity index (χ3n) is 2.73. The second-order valence-corrected chi connectivity index (χ2v) is 4.52. The fraction of sp³-hybridized carbons (Fsp3) is 0.385. The summed E-state index contributed by atoms with van der Waals surface area (Å²) in [6.07, 6.45) is 0. The molecule has 0 aliphatic rings. The molecule has 0 radical (unpaired) electrons. The number of ether oxygens (including phenoxy) is 1. The molecule has 1 heterocycles. The zero-order valence-electron chi connectivity index (χ0n) is 11.1. The van der Waals surface area contributed by atoms with Crippen molar-refractivity contribution in [3.63, 3.8) is 0 Å². The van der Waals surface area contributed by atoms with Gasteiger partial charge in [-0.2, -0.15) is 5.10 Å². The second-order valence-electron chi connectivity index (χ2n) is 4.52. The van der Waals surface area contributed by atoms with E-state index in [9.17, 15) is 0 Å². The first-order valence-electron chi connectivity index (χ1n) is 5.90. The van der Waals surface area contributed by atoms with Gasteiger partial charge in [-0.3, -0.25) is 0 Å². The van der Waals surface area contributed by atoms with Crippen LogP contribution in [0.1, 0.15) is 31.4 Å². The highest BCUT2D eigenvalue weighted by atomic mass is 16.5. The van der Waals surface area contributed by atoms with E-state index in [1.165, 1.54) is 0 Å². The van der Waals surface area contributed by atoms with Crippen molar-refractivity contribution in [1.82, 2.24) is 14.8 Å². The Hall–Kier alpha value is -2.04. The minimum atomic E-state index is 0.289. The molecule has 0 spiro atoms. The van der Waals surface area contributed by atoms with Crippen molar-refractivity contribution >= 4 is 5.69 Å². The molecule has 0 atom stereocenters. The predicted molar refractivity (Wildman–Crippen MR) is 71.1 cm³/mol. The minimum Gasteiger partial charge on any atom is -0.494 e. The summed E-state index contributed by atoms with van der Waals surface area (Å²) in [4.78, 5) is 4.45. The monoisotopic (exact) mass is 246 g/mol. The fourth-order valence-corrected chi connectivity index (χ4v) is 1.76. The molecule has 0 saturated carbocycles. The van der Waals surface area contributed by atoms with Gasteiger partial charge in [-0.1, -0.05) is 13.8 Å². The average Bonchev–Trinajstić information content (AvgIpc) is 2.71. The van der Waals surface area contributed by atoms with Crippen LogP contribution in [-0.4, -0.2) is 21.9 Å². The molecule has 0 fully saturated rings. The molecule has 0 saturated heterocycles. The van der Waals surface area contributed by atoms with Crippen LogP contribution in [0.25, 0.3) is 5.69 Å². The molecule has 2 rings (SSSR count). The molecule has 18 heavy (non-hydrogen) atoms. The first kappa shape index (κ1) is 12.4. The number of aryl methyl sites for hydroxylation is 1. The molecule has 5 nitrogen and oxygen atoms in total. The first-order valence-corrected chi connectivity index (χ1v) is 5.90. The third-order valence-corrected chi connectivity index (χ3v) is 2.73. The number of benzene rings is 1. The van der Waals surface area contributed by atoms with Crippen LogP contribution in [0.3, 0.4) is 0 Å². The summed E-state index contributed by atoms with van der Waals surface area (Å²) in [6.45, 7) is 6.05. The van der Waals surface area contributed by atoms with Crippen LogP contribution in [0.4, 0.5) is 5.69 Å². The normalized spacial score (nSPS) is 10.9. The Labute approximate surface area is 107 Å². The van der Waals surface area contributed by atoms with E-state index in [4.69, 9.17) is 10.5 Å². The van der Waals surface area contributed by atoms with E-state index in [0.29, 0.717) is 5.69 Å². The van der Waals surface area contributed by atoms with Gasteiger partial charge in [0.2, 0.25) is 0 Å². The SMILES string of the molecule is COc1ccc(N)cc1-n1nc(C(C)C)nc1C. The Balaban J connectivity index is 2.57. The number of methoxy groups -OCH3 is 1. The van der Waals surface area contributed by atoms with Crippen LogP contribution in [-0.2, 0) is 0 Å². The number of anilines is 1. The van der Waals surface area contributed by atoms with Crippen LogP contribution in [0.5, 0.6) is 5.75 Å². The maximum absolute atomic E-state index is 5.82. The fourth-order valence-electron chi connectivity index (χ4n) is 1.76. The Bertz CT molecular complexity index is 560. The van der Waals surface area contributed by atoms with Crippen LogP contribution in [0.2, 0.25) is 0 Å². The van der Waals surface area contributed by atoms with Gasteiger partial charge in [0, 0.05) is 11.6 Å². The Morgan fingerprint density at radius 3 is 2.61 bits per heavy atom. The van der Waals surface area contributed by atoms with Crippen molar-refractivity contribution in [1.29, 1.82) is 0 Å². The zero-order chi connectivity index (χ0) is 13.3. The summed E-state index contributed by atoms with van der Waals surface area (Å²) in [5.41, 5.74) is 7.31. The summed E-state index contributed by atoms with van der Waals surface area (Å²) in [5.74, 6) is 2.66. The minimum absolute atomic E-state index is 0.289. The van der Waals surface area contributed by atoms with Gasteiger partial charge in [-0.05, 0) is 25.1 Å². The number of aromatic nitrogens is 3. The zero-order valence-corrected chi connectivity index (χ0v) is 11.1. The Morgan fingerprint density at radius 2 is 2.06 bits per heavy atom. The van der Waals surface area contributed by atoms with Crippen LogP contribution >= 0.6 is 0 Å². The van der Waals surface area contributed by atoms with Crippen molar-refractivity contribution in [3.8, 4) is 11.4 Å². The molecule has 0 bridgehead atoms. The Kier molecular flexibility index (Phi) is 3.23. The summed E-state index contributed by atoms with van der Waals surface area (Å²) in [6, 6.07) is 5.48. The molecule has 0 aliphatic heterocycles. The molecule has 96 valence electrons. The number of hydrogen-bond acceptors (Lipinski definition) is 4. The van der Waals surface area contributed by atoms with Crippen molar-refractivity contribution in [2.75, 3.05) is 12.8 Å². The van der Waals surface area contributed by atoms with Crippen molar-refractivity contribution in [2.45, 2.75) is 26.7 Å². The molecule has 0 unspecified atom stereocenters. The van der Waals surface area contributed by atoms with E-state index in [1.807, 2.05) is 19.1 Å². The standard InChI is InChI=1S/C13H18N4O/c1-8(2)13-15-9(3)17(16-13)11-7-10(14)5-6-12(11)18-4/h5-8H,14H2,1-4H3. The third kappa shape index (κ3) is 2.16. The number of nitrogen functional groups attached to an aromatic ring is 1. The van der Waals surface area contributed by atoms with Gasteiger partial charge in [0.05, 0.1) is 7.11 Å². The van der Waals surface area contributed by atoms with E-state index >= 15 is 0 Å². The Morgan fingerprint density at radius 1 is 1.33 bits per heavy atom. The van der Waals surface area contributed by atoms with Gasteiger partial charge in [-0.25, -0.2) is 9.67 Å². The van der Waals surface area contributed by atoms with Gasteiger partial charge >= 0.3 is 0 Å². The van der Waals surface area contributed by atoms with Crippen molar-refractivity contribution in [3.05, 3.63) is 29.8 Å². The topological polar surface area (TPSA) is 66.0 Å². The number of nitrogens with zero attached hydrogens (tertiary/aromatic N) is 3. The van der Waals surface area contributed by atoms with Crippen LogP contribution in [0.15, 0.2) is 18.2 Å². The van der Waals surface area contributed by atoms with E-state index in [-0.39, 0.29) is 5.92 Å². The maximum Gasteiger partial charge on any atom is 0.153 e. The lowest BCUT2D eigenvalue weighted by Gasteiger charge is -2.10. The maximum atomic E-state index is 5.82. The summed E-state index contributed by atoms with van der Waals surface area (Å²) < 4.78 is 7.10. The van der Waals surface area contributed by atoms with E-state index in [1.54, 1.807) is 17.9 Å². The molecule has 2 aromatic rings. The quantitative estimate of drug-likeness (QED) is 0.844. The van der Waals surface area contributed by atoms with Gasteiger partial charge in [0.1, 0.15) is 17.3 Å². The highest BCUT2D eigenvalue weighted by Gasteiger charge is 2.14. The molecule has 0 aliphatic carbocycles. The number of rotatable bonds is 3. The highest BCUT2D eigenvalue weighted by Crippen LogP contribution is 2.26. The average molecular weight is 246 g/mol. The van der Waals surface area contributed by atoms with E-state index < -0.39 is 0 Å². The molecule has 1 aromatic heterocycles. The molecule has 5 heteroatoms. The molecule has 1 aromatic carbocycles. The van der Waals surface area contributed by atoms with Gasteiger partial charge in [-0.15, -0.1) is 0 Å². The largest absolute Gasteiger partial charge is 0.494 e. The van der Waals surface area contributed by atoms with E-state index in [2.05, 4.69) is 23.9 Å². The predicted octanol–water partition coefficient (Wildman–Crippen LogP) is 2.29. The van der Waals surface area contributed by atoms with Gasteiger partial charge in [0.25, 0.3) is 0 Å².